The van der Waals surface area contributed by atoms with Crippen LogP contribution in [0.4, 0.5) is 11.4 Å². The minimum atomic E-state index is -4.60. The Bertz CT molecular complexity index is 2180. The maximum atomic E-state index is 12.1. The molecule has 1 aliphatic carbocycles. The molecule has 3 aromatic rings. The molecule has 7 heteroatoms. The number of allylic oxidation sites excluding steroid dienone is 7. The highest BCUT2D eigenvalue weighted by Gasteiger charge is 2.44. The molecule has 0 N–H and O–H groups in total. The number of benzene rings is 3. The topological polar surface area (TPSA) is 72.7 Å². The fourth-order valence-electron chi connectivity index (χ4n) is 8.60. The van der Waals surface area contributed by atoms with Crippen LogP contribution in [0.1, 0.15) is 117 Å². The molecule has 56 heavy (non-hydrogen) atoms. The fraction of sp³-hybridized carbons (Fsp3) is 0.429. The molecule has 0 amide bonds. The van der Waals surface area contributed by atoms with Crippen LogP contribution in [0.2, 0.25) is 0 Å². The largest absolute Gasteiger partial charge is 0.744 e. The van der Waals surface area contributed by atoms with E-state index in [2.05, 4.69) is 107 Å². The Kier molecular flexibility index (Phi) is 12.4. The first kappa shape index (κ1) is 41.4. The van der Waals surface area contributed by atoms with Crippen LogP contribution in [0.3, 0.4) is 0 Å². The summed E-state index contributed by atoms with van der Waals surface area (Å²) in [5, 5.41) is 0. The molecule has 0 spiro atoms. The lowest BCUT2D eigenvalue weighted by Crippen LogP contribution is -2.28. The molecule has 0 fully saturated rings. The molecule has 2 aliphatic heterocycles. The Labute approximate surface area is 337 Å². The zero-order valence-corrected chi connectivity index (χ0v) is 35.3. The molecule has 0 saturated carbocycles. The lowest BCUT2D eigenvalue weighted by atomic mass is 9.81. The lowest BCUT2D eigenvalue weighted by Gasteiger charge is -2.28. The number of para-hydroxylation sites is 2. The van der Waals surface area contributed by atoms with Crippen molar-refractivity contribution in [1.82, 2.24) is 0 Å². The Hall–Kier alpha value is -4.20. The number of fused-ring (bicyclic) bond motifs is 2. The van der Waals surface area contributed by atoms with Crippen LogP contribution in [0.15, 0.2) is 125 Å². The van der Waals surface area contributed by atoms with Crippen molar-refractivity contribution in [2.75, 3.05) is 18.0 Å². The molecular weight excluding hydrogens is 713 g/mol. The van der Waals surface area contributed by atoms with Gasteiger partial charge in [-0.25, -0.2) is 8.42 Å². The minimum Gasteiger partial charge on any atom is -0.744 e. The van der Waals surface area contributed by atoms with Crippen LogP contribution < -0.4 is 9.64 Å². The summed E-state index contributed by atoms with van der Waals surface area (Å²) in [7, 11) is -4.60. The van der Waals surface area contributed by atoms with E-state index >= 15 is 0 Å². The zero-order valence-electron chi connectivity index (χ0n) is 34.5. The van der Waals surface area contributed by atoms with Gasteiger partial charge in [0.25, 0.3) is 0 Å². The number of unbranched alkanes of at least 4 members (excludes halogenated alkanes) is 3. The first-order chi connectivity index (χ1) is 26.5. The summed E-state index contributed by atoms with van der Waals surface area (Å²) in [6, 6.07) is 23.5. The molecule has 0 saturated heterocycles. The van der Waals surface area contributed by atoms with Gasteiger partial charge < -0.3 is 14.2 Å². The molecule has 0 atom stereocenters. The normalized spacial score (nSPS) is 19.4. The van der Waals surface area contributed by atoms with Gasteiger partial charge in [-0.05, 0) is 124 Å². The zero-order chi connectivity index (χ0) is 40.3. The van der Waals surface area contributed by atoms with Crippen LogP contribution in [-0.4, -0.2) is 36.3 Å². The average molecular weight is 773 g/mol. The summed E-state index contributed by atoms with van der Waals surface area (Å²) < 4.78 is 45.7. The van der Waals surface area contributed by atoms with Crippen molar-refractivity contribution in [2.24, 2.45) is 5.41 Å². The van der Waals surface area contributed by atoms with E-state index in [1.54, 1.807) is 6.07 Å². The highest BCUT2D eigenvalue weighted by atomic mass is 32.2. The summed E-state index contributed by atoms with van der Waals surface area (Å²) in [6.45, 7) is 23.4. The standard InChI is InChI=1S/C49H60N2O4S/c1-9-10-33-50-42-25-16-15-24-40(42)48(5,6)44(50)30-26-36-20-19-21-37(46(36)55-38-22-13-11-14-23-38)27-31-45-49(7,8)41-35-39(56(52,53)54)28-29-43(41)51(45)34-18-12-17-32-47(2,3)4/h1,11,13-16,22-31,35H,9-10,12,17-21,32-34H2,2-8H3. The second-order valence-electron chi connectivity index (χ2n) is 17.8. The van der Waals surface area contributed by atoms with Gasteiger partial charge in [0.05, 0.1) is 10.3 Å². The van der Waals surface area contributed by atoms with E-state index in [4.69, 9.17) is 11.7 Å². The number of rotatable bonds is 14. The van der Waals surface area contributed by atoms with Crippen molar-refractivity contribution < 1.29 is 22.3 Å². The number of hydrogen-bond acceptors (Lipinski definition) is 5. The van der Waals surface area contributed by atoms with E-state index < -0.39 is 15.5 Å². The fourth-order valence-corrected chi connectivity index (χ4v) is 9.10. The first-order valence-corrected chi connectivity index (χ1v) is 21.8. The van der Waals surface area contributed by atoms with Crippen molar-refractivity contribution in [3.05, 3.63) is 138 Å². The Morgan fingerprint density at radius 1 is 0.857 bits per heavy atom. The van der Waals surface area contributed by atoms with Gasteiger partial charge >= 0.3 is 0 Å². The maximum absolute atomic E-state index is 12.1. The SMILES string of the molecule is [CH]CCC[N+]1=C(/C=C/C2=C(Oc3ccccc3)C(=C/C=C3/N(CCCCCC(C)(C)C)c4ccc(S(=O)(=O)[O-])cc4C3(C)C)/CCC2)C(C)(C)c2ccccc21. The molecule has 2 radical (unpaired) electrons. The Balaban J connectivity index is 1.42. The van der Waals surface area contributed by atoms with Crippen LogP contribution >= 0.6 is 0 Å². The molecule has 3 aromatic carbocycles. The summed E-state index contributed by atoms with van der Waals surface area (Å²) >= 11 is 0. The molecule has 0 unspecified atom stereocenters. The third-order valence-electron chi connectivity index (χ3n) is 11.7. The van der Waals surface area contributed by atoms with Crippen LogP contribution in [0.5, 0.6) is 5.75 Å². The Morgan fingerprint density at radius 3 is 2.30 bits per heavy atom. The van der Waals surface area contributed by atoms with Crippen LogP contribution in [0.25, 0.3) is 0 Å². The minimum absolute atomic E-state index is 0.176. The molecule has 0 bridgehead atoms. The highest BCUT2D eigenvalue weighted by Crippen LogP contribution is 2.49. The van der Waals surface area contributed by atoms with Gasteiger partial charge in [-0.2, -0.15) is 4.58 Å². The number of anilines is 1. The first-order valence-electron chi connectivity index (χ1n) is 20.4. The summed E-state index contributed by atoms with van der Waals surface area (Å²) in [6.07, 6.45) is 17.7. The quantitative estimate of drug-likeness (QED) is 0.0927. The van der Waals surface area contributed by atoms with E-state index in [9.17, 15) is 13.0 Å². The number of nitrogens with zero attached hydrogens (tertiary/aromatic N) is 2. The maximum Gasteiger partial charge on any atom is 0.209 e. The van der Waals surface area contributed by atoms with E-state index in [1.165, 1.54) is 23.0 Å². The summed E-state index contributed by atoms with van der Waals surface area (Å²) in [4.78, 5) is 2.15. The lowest BCUT2D eigenvalue weighted by molar-refractivity contribution is -0.438. The van der Waals surface area contributed by atoms with Crippen LogP contribution in [-0.2, 0) is 20.9 Å². The molecule has 3 aliphatic rings. The number of ether oxygens (including phenoxy) is 1. The van der Waals surface area contributed by atoms with E-state index in [0.717, 1.165) is 104 Å². The van der Waals surface area contributed by atoms with Crippen molar-refractivity contribution in [2.45, 2.75) is 122 Å². The third-order valence-corrected chi connectivity index (χ3v) is 12.5. The molecule has 296 valence electrons. The van der Waals surface area contributed by atoms with Gasteiger partial charge in [-0.15, -0.1) is 0 Å². The van der Waals surface area contributed by atoms with Crippen molar-refractivity contribution in [3.8, 4) is 5.75 Å². The van der Waals surface area contributed by atoms with E-state index in [0.29, 0.717) is 11.8 Å². The summed E-state index contributed by atoms with van der Waals surface area (Å²) in [5.41, 5.74) is 8.56. The molecule has 2 heterocycles. The van der Waals surface area contributed by atoms with Crippen LogP contribution in [0, 0.1) is 12.3 Å². The molecular formula is C49H60N2O4S. The third kappa shape index (κ3) is 9.00. The van der Waals surface area contributed by atoms with Crippen molar-refractivity contribution in [1.29, 1.82) is 0 Å². The van der Waals surface area contributed by atoms with Crippen molar-refractivity contribution >= 4 is 27.2 Å². The predicted molar refractivity (Wildman–Crippen MR) is 229 cm³/mol. The van der Waals surface area contributed by atoms with Gasteiger partial charge in [-0.1, -0.05) is 89.9 Å². The summed E-state index contributed by atoms with van der Waals surface area (Å²) in [5.74, 6) is 1.66. The smallest absolute Gasteiger partial charge is 0.209 e. The molecule has 6 nitrogen and oxygen atoms in total. The predicted octanol–water partition coefficient (Wildman–Crippen LogP) is 11.7. The van der Waals surface area contributed by atoms with Gasteiger partial charge in [0.2, 0.25) is 5.69 Å². The monoisotopic (exact) mass is 772 g/mol. The van der Waals surface area contributed by atoms with Crippen molar-refractivity contribution in [3.63, 3.8) is 0 Å². The average Bonchev–Trinajstić information content (AvgIpc) is 3.50. The molecule has 0 aromatic heterocycles. The van der Waals surface area contributed by atoms with Gasteiger partial charge in [0.15, 0.2) is 5.71 Å². The number of hydrogen-bond donors (Lipinski definition) is 0. The van der Waals surface area contributed by atoms with E-state index in [1.807, 2.05) is 36.4 Å². The van der Waals surface area contributed by atoms with Gasteiger partial charge in [0, 0.05) is 47.5 Å². The Morgan fingerprint density at radius 2 is 1.59 bits per heavy atom. The molecule has 6 rings (SSSR count). The van der Waals surface area contributed by atoms with Gasteiger partial charge in [-0.3, -0.25) is 0 Å². The van der Waals surface area contributed by atoms with Gasteiger partial charge in [0.1, 0.15) is 28.2 Å². The van der Waals surface area contributed by atoms with E-state index in [-0.39, 0.29) is 10.3 Å². The second kappa shape index (κ2) is 16.7. The highest BCUT2D eigenvalue weighted by molar-refractivity contribution is 7.85. The second-order valence-corrected chi connectivity index (χ2v) is 19.2.